The molecule has 0 radical (unpaired) electrons. The van der Waals surface area contributed by atoms with E-state index in [4.69, 9.17) is 15.3 Å². The molecule has 16 heavy (non-hydrogen) atoms. The Morgan fingerprint density at radius 2 is 1.88 bits per heavy atom. The predicted molar refractivity (Wildman–Crippen MR) is 52.7 cm³/mol. The number of hydrogen-bond donors (Lipinski definition) is 3. The molecule has 0 amide bonds. The summed E-state index contributed by atoms with van der Waals surface area (Å²) >= 11 is 0. The number of rotatable bonds is 4. The van der Waals surface area contributed by atoms with Crippen molar-refractivity contribution in [2.24, 2.45) is 0 Å². The lowest BCUT2D eigenvalue weighted by molar-refractivity contribution is -0.145. The normalized spacial score (nSPS) is 13.9. The van der Waals surface area contributed by atoms with E-state index in [2.05, 4.69) is 9.47 Å². The lowest BCUT2D eigenvalue weighted by Gasteiger charge is -2.15. The molecule has 0 aliphatic carbocycles. The summed E-state index contributed by atoms with van der Waals surface area (Å²) in [4.78, 5) is 11.0. The highest BCUT2D eigenvalue weighted by Gasteiger charge is 2.20. The molecular weight excluding hydrogens is 216 g/mol. The zero-order valence-corrected chi connectivity index (χ0v) is 8.31. The van der Waals surface area contributed by atoms with E-state index in [0.717, 1.165) is 0 Å². The molecular formula is C10H12O6. The van der Waals surface area contributed by atoms with E-state index in [-0.39, 0.29) is 5.75 Å². The molecule has 0 spiro atoms. The molecule has 0 aromatic heterocycles. The summed E-state index contributed by atoms with van der Waals surface area (Å²) in [6.07, 6.45) is -4.53. The molecule has 0 heterocycles. The zero-order chi connectivity index (χ0) is 12.0. The second-order valence-electron chi connectivity index (χ2n) is 2.92. The Morgan fingerprint density at radius 3 is 2.44 bits per heavy atom. The fourth-order valence-electron chi connectivity index (χ4n) is 0.876. The minimum absolute atomic E-state index is 0.248. The van der Waals surface area contributed by atoms with Gasteiger partial charge in [0.25, 0.3) is 0 Å². The maximum Gasteiger partial charge on any atom is 0.516 e. The molecule has 0 aliphatic rings. The van der Waals surface area contributed by atoms with Crippen LogP contribution in [0.25, 0.3) is 0 Å². The Labute approximate surface area is 91.7 Å². The van der Waals surface area contributed by atoms with Crippen LogP contribution < -0.4 is 4.74 Å². The fraction of sp³-hybridized carbons (Fsp3) is 0.300. The molecule has 1 aromatic carbocycles. The zero-order valence-electron chi connectivity index (χ0n) is 8.31. The number of para-hydroxylation sites is 1. The van der Waals surface area contributed by atoms with Gasteiger partial charge in [-0.3, -0.25) is 0 Å². The van der Waals surface area contributed by atoms with Gasteiger partial charge in [0.1, 0.15) is 11.9 Å². The van der Waals surface area contributed by atoms with Crippen molar-refractivity contribution >= 4 is 6.16 Å². The summed E-state index contributed by atoms with van der Waals surface area (Å²) in [5, 5.41) is 26.4. The Kier molecular flexibility index (Phi) is 4.71. The maximum atomic E-state index is 11.0. The average molecular weight is 228 g/mol. The van der Waals surface area contributed by atoms with E-state index in [1.807, 2.05) is 0 Å². The second-order valence-corrected chi connectivity index (χ2v) is 2.92. The van der Waals surface area contributed by atoms with E-state index in [1.54, 1.807) is 18.2 Å². The smallest absolute Gasteiger partial charge is 0.401 e. The molecule has 0 bridgehead atoms. The Balaban J connectivity index is 2.42. The Hall–Kier alpha value is -1.63. The number of aliphatic hydroxyl groups is 3. The van der Waals surface area contributed by atoms with Crippen molar-refractivity contribution in [1.82, 2.24) is 0 Å². The molecule has 6 nitrogen and oxygen atoms in total. The maximum absolute atomic E-state index is 11.0. The van der Waals surface area contributed by atoms with Crippen LogP contribution in [0, 0.1) is 0 Å². The van der Waals surface area contributed by atoms with Gasteiger partial charge in [-0.05, 0) is 12.1 Å². The number of carbonyl (C=O) groups excluding carboxylic acids is 1. The highest BCUT2D eigenvalue weighted by molar-refractivity contribution is 5.63. The third-order valence-electron chi connectivity index (χ3n) is 1.68. The highest BCUT2D eigenvalue weighted by atomic mass is 16.8. The van der Waals surface area contributed by atoms with Crippen LogP contribution in [-0.4, -0.2) is 40.5 Å². The SMILES string of the molecule is O=C(Oc1ccccc1)OC(O)C(O)CO. The van der Waals surface area contributed by atoms with Gasteiger partial charge in [-0.2, -0.15) is 0 Å². The first-order chi connectivity index (χ1) is 7.63. The average Bonchev–Trinajstić information content (AvgIpc) is 2.29. The quantitative estimate of drug-likeness (QED) is 0.377. The van der Waals surface area contributed by atoms with Crippen molar-refractivity contribution in [2.75, 3.05) is 6.61 Å². The molecule has 88 valence electrons. The van der Waals surface area contributed by atoms with Crippen molar-refractivity contribution in [3.63, 3.8) is 0 Å². The fourth-order valence-corrected chi connectivity index (χ4v) is 0.876. The summed E-state index contributed by atoms with van der Waals surface area (Å²) in [6, 6.07) is 8.10. The monoisotopic (exact) mass is 228 g/mol. The number of aliphatic hydroxyl groups excluding tert-OH is 3. The Morgan fingerprint density at radius 1 is 1.25 bits per heavy atom. The topological polar surface area (TPSA) is 96.2 Å². The van der Waals surface area contributed by atoms with E-state index in [0.29, 0.717) is 0 Å². The van der Waals surface area contributed by atoms with Crippen LogP contribution in [0.15, 0.2) is 30.3 Å². The lowest BCUT2D eigenvalue weighted by Crippen LogP contribution is -2.34. The van der Waals surface area contributed by atoms with Gasteiger partial charge in [-0.25, -0.2) is 4.79 Å². The van der Waals surface area contributed by atoms with Crippen LogP contribution >= 0.6 is 0 Å². The molecule has 0 saturated heterocycles. The minimum Gasteiger partial charge on any atom is -0.401 e. The molecule has 6 heteroatoms. The number of hydrogen-bond acceptors (Lipinski definition) is 6. The summed E-state index contributed by atoms with van der Waals surface area (Å²) in [5.41, 5.74) is 0. The van der Waals surface area contributed by atoms with Gasteiger partial charge in [-0.15, -0.1) is 0 Å². The van der Waals surface area contributed by atoms with Crippen LogP contribution in [0.1, 0.15) is 0 Å². The number of benzene rings is 1. The van der Waals surface area contributed by atoms with Gasteiger partial charge < -0.3 is 24.8 Å². The van der Waals surface area contributed by atoms with Crippen molar-refractivity contribution in [3.8, 4) is 5.75 Å². The van der Waals surface area contributed by atoms with Gasteiger partial charge in [0.2, 0.25) is 6.29 Å². The van der Waals surface area contributed by atoms with Gasteiger partial charge in [-0.1, -0.05) is 18.2 Å². The van der Waals surface area contributed by atoms with Crippen molar-refractivity contribution < 1.29 is 29.6 Å². The van der Waals surface area contributed by atoms with E-state index in [9.17, 15) is 4.79 Å². The first-order valence-electron chi connectivity index (χ1n) is 4.54. The van der Waals surface area contributed by atoms with Gasteiger partial charge in [0, 0.05) is 0 Å². The summed E-state index contributed by atoms with van der Waals surface area (Å²) < 4.78 is 8.96. The lowest BCUT2D eigenvalue weighted by atomic mass is 10.3. The molecule has 3 N–H and O–H groups in total. The molecule has 0 saturated carbocycles. The highest BCUT2D eigenvalue weighted by Crippen LogP contribution is 2.10. The minimum atomic E-state index is -1.82. The van der Waals surface area contributed by atoms with Crippen LogP contribution in [0.5, 0.6) is 5.75 Å². The first-order valence-corrected chi connectivity index (χ1v) is 4.54. The van der Waals surface area contributed by atoms with Crippen molar-refractivity contribution in [3.05, 3.63) is 30.3 Å². The van der Waals surface area contributed by atoms with E-state index < -0.39 is 25.2 Å². The number of ether oxygens (including phenoxy) is 2. The molecule has 0 aliphatic heterocycles. The van der Waals surface area contributed by atoms with Gasteiger partial charge in [0.05, 0.1) is 6.61 Å². The predicted octanol–water partition coefficient (Wildman–Crippen LogP) is -0.126. The van der Waals surface area contributed by atoms with E-state index >= 15 is 0 Å². The number of carbonyl (C=O) groups is 1. The third kappa shape index (κ3) is 3.85. The Bertz CT molecular complexity index is 325. The molecule has 1 aromatic rings. The van der Waals surface area contributed by atoms with Gasteiger partial charge >= 0.3 is 6.16 Å². The van der Waals surface area contributed by atoms with E-state index in [1.165, 1.54) is 12.1 Å². The summed E-state index contributed by atoms with van der Waals surface area (Å²) in [5.74, 6) is 0.248. The standard InChI is InChI=1S/C10H12O6/c11-6-8(12)9(13)16-10(14)15-7-4-2-1-3-5-7/h1-5,8-9,11-13H,6H2. The van der Waals surface area contributed by atoms with Crippen LogP contribution in [0.2, 0.25) is 0 Å². The second kappa shape index (κ2) is 6.06. The van der Waals surface area contributed by atoms with Crippen LogP contribution in [-0.2, 0) is 4.74 Å². The van der Waals surface area contributed by atoms with Crippen LogP contribution in [0.4, 0.5) is 4.79 Å². The molecule has 0 fully saturated rings. The molecule has 2 unspecified atom stereocenters. The molecule has 1 rings (SSSR count). The molecule has 2 atom stereocenters. The van der Waals surface area contributed by atoms with Crippen molar-refractivity contribution in [2.45, 2.75) is 12.4 Å². The summed E-state index contributed by atoms with van der Waals surface area (Å²) in [7, 11) is 0. The summed E-state index contributed by atoms with van der Waals surface area (Å²) in [6.45, 7) is -0.722. The third-order valence-corrected chi connectivity index (χ3v) is 1.68. The first kappa shape index (κ1) is 12.4. The van der Waals surface area contributed by atoms with Crippen LogP contribution in [0.3, 0.4) is 0 Å². The van der Waals surface area contributed by atoms with Gasteiger partial charge in [0.15, 0.2) is 0 Å². The van der Waals surface area contributed by atoms with Crippen molar-refractivity contribution in [1.29, 1.82) is 0 Å². The largest absolute Gasteiger partial charge is 0.516 e.